The second-order valence-corrected chi connectivity index (χ2v) is 8.28. The molecule has 24 heavy (non-hydrogen) atoms. The van der Waals surface area contributed by atoms with E-state index in [4.69, 9.17) is 0 Å². The van der Waals surface area contributed by atoms with Crippen molar-refractivity contribution in [2.45, 2.75) is 71.4 Å². The minimum Gasteiger partial charge on any atom is -0.396 e. The standard InChI is InChI=1S/C19H37N3O2/c1-14(2)18(22-10-8-15(3)9-11-22)12-20-19(24)21-17-6-4-16(13-23)5-7-17/h14-18,23H,4-13H2,1-3H3,(H2,20,21,24). The van der Waals surface area contributed by atoms with Crippen molar-refractivity contribution in [3.63, 3.8) is 0 Å². The van der Waals surface area contributed by atoms with E-state index < -0.39 is 0 Å². The number of carbonyl (C=O) groups excluding carboxylic acids is 1. The highest BCUT2D eigenvalue weighted by Crippen LogP contribution is 2.24. The van der Waals surface area contributed by atoms with Gasteiger partial charge in [-0.3, -0.25) is 4.90 Å². The number of amides is 2. The van der Waals surface area contributed by atoms with E-state index in [-0.39, 0.29) is 18.7 Å². The summed E-state index contributed by atoms with van der Waals surface area (Å²) in [6.45, 7) is 10.1. The van der Waals surface area contributed by atoms with Crippen LogP contribution in [0, 0.1) is 17.8 Å². The second-order valence-electron chi connectivity index (χ2n) is 8.28. The molecule has 0 bridgehead atoms. The van der Waals surface area contributed by atoms with Crippen LogP contribution in [0.3, 0.4) is 0 Å². The molecule has 0 aromatic rings. The molecule has 2 fully saturated rings. The summed E-state index contributed by atoms with van der Waals surface area (Å²) in [5, 5.41) is 15.4. The summed E-state index contributed by atoms with van der Waals surface area (Å²) in [5.41, 5.74) is 0. The molecular weight excluding hydrogens is 302 g/mol. The lowest BCUT2D eigenvalue weighted by atomic mass is 9.87. The Kier molecular flexibility index (Phi) is 7.82. The maximum atomic E-state index is 12.2. The number of nitrogens with one attached hydrogen (secondary N) is 2. The molecule has 0 aromatic heterocycles. The number of hydrogen-bond donors (Lipinski definition) is 3. The highest BCUT2D eigenvalue weighted by atomic mass is 16.3. The molecule has 1 saturated carbocycles. The van der Waals surface area contributed by atoms with Gasteiger partial charge in [-0.05, 0) is 69.4 Å². The van der Waals surface area contributed by atoms with Crippen LogP contribution in [0.15, 0.2) is 0 Å². The van der Waals surface area contributed by atoms with Gasteiger partial charge in [-0.15, -0.1) is 0 Å². The number of aliphatic hydroxyl groups excluding tert-OH is 1. The summed E-state index contributed by atoms with van der Waals surface area (Å²) in [7, 11) is 0. The van der Waals surface area contributed by atoms with Gasteiger partial charge >= 0.3 is 6.03 Å². The van der Waals surface area contributed by atoms with Gasteiger partial charge in [-0.25, -0.2) is 4.79 Å². The lowest BCUT2D eigenvalue weighted by Gasteiger charge is -2.39. The number of piperidine rings is 1. The quantitative estimate of drug-likeness (QED) is 0.697. The van der Waals surface area contributed by atoms with E-state index in [1.807, 2.05) is 0 Å². The van der Waals surface area contributed by atoms with Crippen molar-refractivity contribution in [2.24, 2.45) is 17.8 Å². The minimum absolute atomic E-state index is 0.0292. The molecule has 1 saturated heterocycles. The molecule has 1 aliphatic carbocycles. The molecule has 2 aliphatic rings. The van der Waals surface area contributed by atoms with Crippen molar-refractivity contribution in [3.8, 4) is 0 Å². The fourth-order valence-corrected chi connectivity index (χ4v) is 4.07. The molecule has 140 valence electrons. The molecule has 1 atom stereocenters. The Morgan fingerprint density at radius 1 is 1.12 bits per heavy atom. The van der Waals surface area contributed by atoms with E-state index in [1.165, 1.54) is 12.8 Å². The summed E-state index contributed by atoms with van der Waals surface area (Å²) in [6.07, 6.45) is 6.53. The Bertz CT molecular complexity index is 373. The molecule has 5 nitrogen and oxygen atoms in total. The summed E-state index contributed by atoms with van der Waals surface area (Å²) in [5.74, 6) is 1.80. The van der Waals surface area contributed by atoms with Crippen molar-refractivity contribution in [1.29, 1.82) is 0 Å². The Morgan fingerprint density at radius 2 is 1.75 bits per heavy atom. The third-order valence-corrected chi connectivity index (χ3v) is 5.97. The monoisotopic (exact) mass is 339 g/mol. The van der Waals surface area contributed by atoms with Gasteiger partial charge in [-0.1, -0.05) is 20.8 Å². The zero-order valence-electron chi connectivity index (χ0n) is 15.8. The first-order valence-corrected chi connectivity index (χ1v) is 9.88. The molecule has 3 N–H and O–H groups in total. The van der Waals surface area contributed by atoms with Crippen LogP contribution in [0.1, 0.15) is 59.3 Å². The topological polar surface area (TPSA) is 64.6 Å². The average Bonchev–Trinajstić information content (AvgIpc) is 2.57. The zero-order chi connectivity index (χ0) is 17.5. The van der Waals surface area contributed by atoms with Gasteiger partial charge < -0.3 is 15.7 Å². The summed E-state index contributed by atoms with van der Waals surface area (Å²) in [4.78, 5) is 14.8. The Morgan fingerprint density at radius 3 is 2.29 bits per heavy atom. The van der Waals surface area contributed by atoms with Crippen molar-refractivity contribution < 1.29 is 9.90 Å². The lowest BCUT2D eigenvalue weighted by Crippen LogP contribution is -2.52. The molecule has 2 rings (SSSR count). The van der Waals surface area contributed by atoms with E-state index in [1.54, 1.807) is 0 Å². The normalized spacial score (nSPS) is 27.9. The molecule has 0 spiro atoms. The van der Waals surface area contributed by atoms with Gasteiger partial charge in [0.25, 0.3) is 0 Å². The molecule has 1 aliphatic heterocycles. The molecular formula is C19H37N3O2. The van der Waals surface area contributed by atoms with Crippen molar-refractivity contribution in [1.82, 2.24) is 15.5 Å². The fraction of sp³-hybridized carbons (Fsp3) is 0.947. The van der Waals surface area contributed by atoms with Crippen LogP contribution in [-0.2, 0) is 0 Å². The van der Waals surface area contributed by atoms with Crippen molar-refractivity contribution in [3.05, 3.63) is 0 Å². The van der Waals surface area contributed by atoms with Gasteiger partial charge in [0.1, 0.15) is 0 Å². The van der Waals surface area contributed by atoms with E-state index in [9.17, 15) is 9.90 Å². The molecule has 2 amide bonds. The predicted octanol–water partition coefficient (Wildman–Crippen LogP) is 2.59. The SMILES string of the molecule is CC1CCN(C(CNC(=O)NC2CCC(CO)CC2)C(C)C)CC1. The van der Waals surface area contributed by atoms with E-state index >= 15 is 0 Å². The lowest BCUT2D eigenvalue weighted by molar-refractivity contribution is 0.108. The average molecular weight is 340 g/mol. The minimum atomic E-state index is -0.0292. The molecule has 5 heteroatoms. The highest BCUT2D eigenvalue weighted by Gasteiger charge is 2.26. The number of carbonyl (C=O) groups is 1. The largest absolute Gasteiger partial charge is 0.396 e. The summed E-state index contributed by atoms with van der Waals surface area (Å²) < 4.78 is 0. The number of urea groups is 1. The summed E-state index contributed by atoms with van der Waals surface area (Å²) >= 11 is 0. The van der Waals surface area contributed by atoms with E-state index in [2.05, 4.69) is 36.3 Å². The first kappa shape index (κ1) is 19.5. The van der Waals surface area contributed by atoms with Gasteiger partial charge in [-0.2, -0.15) is 0 Å². The third-order valence-electron chi connectivity index (χ3n) is 5.97. The Hall–Kier alpha value is -0.810. The number of likely N-dealkylation sites (tertiary alicyclic amines) is 1. The highest BCUT2D eigenvalue weighted by molar-refractivity contribution is 5.74. The van der Waals surface area contributed by atoms with E-state index in [0.29, 0.717) is 17.9 Å². The van der Waals surface area contributed by atoms with Crippen LogP contribution in [0.2, 0.25) is 0 Å². The van der Waals surface area contributed by atoms with Crippen LogP contribution in [0.4, 0.5) is 4.79 Å². The smallest absolute Gasteiger partial charge is 0.315 e. The molecule has 0 aromatic carbocycles. The van der Waals surface area contributed by atoms with Crippen LogP contribution >= 0.6 is 0 Å². The number of nitrogens with zero attached hydrogens (tertiary/aromatic N) is 1. The second kappa shape index (κ2) is 9.62. The van der Waals surface area contributed by atoms with Gasteiger partial charge in [0.15, 0.2) is 0 Å². The van der Waals surface area contributed by atoms with Crippen LogP contribution in [-0.4, -0.2) is 54.4 Å². The van der Waals surface area contributed by atoms with Gasteiger partial charge in [0, 0.05) is 25.2 Å². The molecule has 1 heterocycles. The van der Waals surface area contributed by atoms with Crippen molar-refractivity contribution >= 4 is 6.03 Å². The number of hydrogen-bond acceptors (Lipinski definition) is 3. The Labute approximate surface area is 147 Å². The molecule has 1 unspecified atom stereocenters. The first-order valence-electron chi connectivity index (χ1n) is 9.88. The third kappa shape index (κ3) is 5.92. The van der Waals surface area contributed by atoms with Crippen LogP contribution in [0.25, 0.3) is 0 Å². The predicted molar refractivity (Wildman–Crippen MR) is 98.0 cm³/mol. The summed E-state index contributed by atoms with van der Waals surface area (Å²) in [6, 6.07) is 0.660. The van der Waals surface area contributed by atoms with Crippen LogP contribution < -0.4 is 10.6 Å². The number of rotatable bonds is 6. The van der Waals surface area contributed by atoms with Gasteiger partial charge in [0.05, 0.1) is 0 Å². The van der Waals surface area contributed by atoms with Gasteiger partial charge in [0.2, 0.25) is 0 Å². The van der Waals surface area contributed by atoms with E-state index in [0.717, 1.165) is 51.2 Å². The van der Waals surface area contributed by atoms with Crippen molar-refractivity contribution in [2.75, 3.05) is 26.2 Å². The first-order chi connectivity index (χ1) is 11.5. The maximum absolute atomic E-state index is 12.2. The molecule has 0 radical (unpaired) electrons. The fourth-order valence-electron chi connectivity index (χ4n) is 4.07. The van der Waals surface area contributed by atoms with Crippen LogP contribution in [0.5, 0.6) is 0 Å². The maximum Gasteiger partial charge on any atom is 0.315 e. The number of aliphatic hydroxyl groups is 1. The Balaban J connectivity index is 1.72. The zero-order valence-corrected chi connectivity index (χ0v) is 15.8.